The van der Waals surface area contributed by atoms with Crippen LogP contribution in [0.2, 0.25) is 0 Å². The summed E-state index contributed by atoms with van der Waals surface area (Å²) >= 11 is 0. The second kappa shape index (κ2) is 5.59. The van der Waals surface area contributed by atoms with E-state index in [4.69, 9.17) is 10.2 Å². The molecule has 0 bridgehead atoms. The topological polar surface area (TPSA) is 98.2 Å². The first-order valence-electron chi connectivity index (χ1n) is 6.82. The number of nitrogens with one attached hydrogen (secondary N) is 1. The molecule has 0 spiro atoms. The molecule has 0 saturated heterocycles. The lowest BCUT2D eigenvalue weighted by atomic mass is 10.1. The van der Waals surface area contributed by atoms with E-state index >= 15 is 0 Å². The zero-order valence-electron chi connectivity index (χ0n) is 11.6. The first-order valence-corrected chi connectivity index (χ1v) is 6.82. The number of oxazole rings is 1. The number of aromatic nitrogens is 1. The minimum atomic E-state index is -0.681. The summed E-state index contributed by atoms with van der Waals surface area (Å²) in [6.45, 7) is 0.0960. The number of amides is 2. The number of primary amides is 1. The van der Waals surface area contributed by atoms with E-state index in [0.29, 0.717) is 0 Å². The van der Waals surface area contributed by atoms with Crippen LogP contribution in [0.5, 0.6) is 0 Å². The zero-order valence-corrected chi connectivity index (χ0v) is 11.6. The molecule has 3 rings (SSSR count). The van der Waals surface area contributed by atoms with Crippen LogP contribution in [0.15, 0.2) is 34.9 Å². The van der Waals surface area contributed by atoms with Crippen LogP contribution in [0, 0.1) is 11.7 Å². The monoisotopic (exact) mass is 303 g/mol. The molecule has 1 saturated carbocycles. The molecule has 2 amide bonds. The van der Waals surface area contributed by atoms with Crippen molar-refractivity contribution in [3.8, 4) is 0 Å². The standard InChI is InChI=1S/C15H14FN3O3/c16-9-3-1-8(2-4-9)10-5-11(10)15(21)18-6-13-19-12(7-22-13)14(17)20/h1-4,7,10-11H,5-6H2,(H2,17,20)(H,18,21)/t10-,11+/m0/s1. The fourth-order valence-electron chi connectivity index (χ4n) is 2.36. The summed E-state index contributed by atoms with van der Waals surface area (Å²) in [5, 5.41) is 2.70. The second-order valence-electron chi connectivity index (χ2n) is 5.21. The Labute approximate surface area is 125 Å². The Morgan fingerprint density at radius 1 is 1.36 bits per heavy atom. The Kier molecular flexibility index (Phi) is 3.62. The molecule has 22 heavy (non-hydrogen) atoms. The molecule has 2 aromatic rings. The smallest absolute Gasteiger partial charge is 0.270 e. The molecule has 7 heteroatoms. The summed E-state index contributed by atoms with van der Waals surface area (Å²) in [6, 6.07) is 6.17. The van der Waals surface area contributed by atoms with E-state index in [2.05, 4.69) is 10.3 Å². The van der Waals surface area contributed by atoms with Gasteiger partial charge < -0.3 is 15.5 Å². The van der Waals surface area contributed by atoms with Crippen molar-refractivity contribution in [2.75, 3.05) is 0 Å². The molecule has 6 nitrogen and oxygen atoms in total. The lowest BCUT2D eigenvalue weighted by Crippen LogP contribution is -2.25. The molecular weight excluding hydrogens is 289 g/mol. The minimum Gasteiger partial charge on any atom is -0.446 e. The Balaban J connectivity index is 1.53. The molecular formula is C15H14FN3O3. The molecule has 0 radical (unpaired) electrons. The number of nitrogens with two attached hydrogens (primary N) is 1. The predicted molar refractivity (Wildman–Crippen MR) is 74.1 cm³/mol. The van der Waals surface area contributed by atoms with Crippen LogP contribution in [0.3, 0.4) is 0 Å². The Bertz CT molecular complexity index is 711. The van der Waals surface area contributed by atoms with Crippen LogP contribution in [0.4, 0.5) is 4.39 Å². The van der Waals surface area contributed by atoms with Crippen molar-refractivity contribution in [3.63, 3.8) is 0 Å². The lowest BCUT2D eigenvalue weighted by Gasteiger charge is -2.02. The quantitative estimate of drug-likeness (QED) is 0.870. The molecule has 0 aliphatic heterocycles. The van der Waals surface area contributed by atoms with Gasteiger partial charge in [-0.05, 0) is 30.0 Å². The third kappa shape index (κ3) is 2.98. The molecule has 1 heterocycles. The maximum atomic E-state index is 12.9. The SMILES string of the molecule is NC(=O)c1coc(CNC(=O)[C@@H]2C[C@H]2c2ccc(F)cc2)n1. The van der Waals surface area contributed by atoms with Crippen molar-refractivity contribution < 1.29 is 18.4 Å². The summed E-state index contributed by atoms with van der Waals surface area (Å²) in [4.78, 5) is 26.8. The highest BCUT2D eigenvalue weighted by Crippen LogP contribution is 2.47. The number of benzene rings is 1. The maximum absolute atomic E-state index is 12.9. The average Bonchev–Trinajstić information content (AvgIpc) is 3.15. The number of hydrogen-bond donors (Lipinski definition) is 2. The number of carbonyl (C=O) groups excluding carboxylic acids is 2. The van der Waals surface area contributed by atoms with Crippen molar-refractivity contribution in [3.05, 3.63) is 53.5 Å². The molecule has 1 aromatic carbocycles. The molecule has 1 aliphatic carbocycles. The molecule has 114 valence electrons. The van der Waals surface area contributed by atoms with Gasteiger partial charge in [0, 0.05) is 5.92 Å². The van der Waals surface area contributed by atoms with Crippen LogP contribution in [-0.2, 0) is 11.3 Å². The number of nitrogens with zero attached hydrogens (tertiary/aromatic N) is 1. The summed E-state index contributed by atoms with van der Waals surface area (Å²) in [6.07, 6.45) is 1.89. The van der Waals surface area contributed by atoms with Crippen molar-refractivity contribution >= 4 is 11.8 Å². The summed E-state index contributed by atoms with van der Waals surface area (Å²) in [5.74, 6) is -0.879. The van der Waals surface area contributed by atoms with Gasteiger partial charge in [-0.15, -0.1) is 0 Å². The van der Waals surface area contributed by atoms with Gasteiger partial charge in [-0.2, -0.15) is 0 Å². The van der Waals surface area contributed by atoms with Crippen molar-refractivity contribution in [1.82, 2.24) is 10.3 Å². The number of carbonyl (C=O) groups is 2. The normalized spacial score (nSPS) is 19.7. The largest absolute Gasteiger partial charge is 0.446 e. The Hall–Kier alpha value is -2.70. The van der Waals surface area contributed by atoms with E-state index in [1.54, 1.807) is 12.1 Å². The molecule has 0 unspecified atom stereocenters. The molecule has 1 aromatic heterocycles. The van der Waals surface area contributed by atoms with Gasteiger partial charge in [-0.3, -0.25) is 9.59 Å². The fraction of sp³-hybridized carbons (Fsp3) is 0.267. The third-order valence-corrected chi connectivity index (χ3v) is 3.64. The summed E-state index contributed by atoms with van der Waals surface area (Å²) in [5.41, 5.74) is 6.04. The lowest BCUT2D eigenvalue weighted by molar-refractivity contribution is -0.122. The first kappa shape index (κ1) is 14.2. The van der Waals surface area contributed by atoms with Gasteiger partial charge >= 0.3 is 0 Å². The maximum Gasteiger partial charge on any atom is 0.270 e. The van der Waals surface area contributed by atoms with E-state index in [-0.39, 0.29) is 41.7 Å². The minimum absolute atomic E-state index is 0.0276. The highest BCUT2D eigenvalue weighted by Gasteiger charge is 2.43. The first-order chi connectivity index (χ1) is 10.5. The fourth-order valence-corrected chi connectivity index (χ4v) is 2.36. The van der Waals surface area contributed by atoms with E-state index in [0.717, 1.165) is 18.2 Å². The van der Waals surface area contributed by atoms with Crippen molar-refractivity contribution in [2.24, 2.45) is 11.7 Å². The van der Waals surface area contributed by atoms with Gasteiger partial charge in [0.15, 0.2) is 5.69 Å². The molecule has 2 atom stereocenters. The van der Waals surface area contributed by atoms with Gasteiger partial charge in [-0.1, -0.05) is 12.1 Å². The van der Waals surface area contributed by atoms with Gasteiger partial charge in [-0.25, -0.2) is 9.37 Å². The van der Waals surface area contributed by atoms with Crippen molar-refractivity contribution in [1.29, 1.82) is 0 Å². The summed E-state index contributed by atoms with van der Waals surface area (Å²) < 4.78 is 17.9. The summed E-state index contributed by atoms with van der Waals surface area (Å²) in [7, 11) is 0. The van der Waals surface area contributed by atoms with Crippen LogP contribution in [-0.4, -0.2) is 16.8 Å². The van der Waals surface area contributed by atoms with Gasteiger partial charge in [0.1, 0.15) is 12.1 Å². The van der Waals surface area contributed by atoms with Crippen LogP contribution >= 0.6 is 0 Å². The van der Waals surface area contributed by atoms with Crippen molar-refractivity contribution in [2.45, 2.75) is 18.9 Å². The molecule has 1 aliphatic rings. The van der Waals surface area contributed by atoms with Gasteiger partial charge in [0.2, 0.25) is 11.8 Å². The average molecular weight is 303 g/mol. The highest BCUT2D eigenvalue weighted by atomic mass is 19.1. The predicted octanol–water partition coefficient (Wildman–Crippen LogP) is 1.33. The van der Waals surface area contributed by atoms with Crippen LogP contribution < -0.4 is 11.1 Å². The number of rotatable bonds is 5. The van der Waals surface area contributed by atoms with E-state index in [9.17, 15) is 14.0 Å². The third-order valence-electron chi connectivity index (χ3n) is 3.64. The molecule has 3 N–H and O–H groups in total. The van der Waals surface area contributed by atoms with Gasteiger partial charge in [0.25, 0.3) is 5.91 Å². The number of hydrogen-bond acceptors (Lipinski definition) is 4. The van der Waals surface area contributed by atoms with Gasteiger partial charge in [0.05, 0.1) is 6.54 Å². The Morgan fingerprint density at radius 2 is 2.09 bits per heavy atom. The zero-order chi connectivity index (χ0) is 15.7. The van der Waals surface area contributed by atoms with E-state index in [1.807, 2.05) is 0 Å². The highest BCUT2D eigenvalue weighted by molar-refractivity contribution is 5.90. The molecule has 1 fully saturated rings. The Morgan fingerprint density at radius 3 is 2.73 bits per heavy atom. The van der Waals surface area contributed by atoms with E-state index in [1.165, 1.54) is 12.1 Å². The van der Waals surface area contributed by atoms with Crippen LogP contribution in [0.1, 0.15) is 34.3 Å². The number of halogens is 1. The van der Waals surface area contributed by atoms with Crippen LogP contribution in [0.25, 0.3) is 0 Å². The second-order valence-corrected chi connectivity index (χ2v) is 5.21. The van der Waals surface area contributed by atoms with E-state index < -0.39 is 5.91 Å².